The van der Waals surface area contributed by atoms with Crippen LogP contribution in [-0.4, -0.2) is 35.4 Å². The number of nitriles is 1. The maximum absolute atomic E-state index is 11.1. The summed E-state index contributed by atoms with van der Waals surface area (Å²) in [5.74, 6) is -1.66. The number of carbonyl (C=O) groups is 2. The highest BCUT2D eigenvalue weighted by atomic mass is 16.5. The molecule has 0 amide bonds. The molecule has 6 heteroatoms. The van der Waals surface area contributed by atoms with Crippen LogP contribution in [-0.2, 0) is 14.3 Å². The Morgan fingerprint density at radius 1 is 1.30 bits per heavy atom. The quantitative estimate of drug-likeness (QED) is 0.308. The van der Waals surface area contributed by atoms with Crippen LogP contribution < -0.4 is 0 Å². The molecule has 0 aliphatic rings. The molecule has 0 fully saturated rings. The summed E-state index contributed by atoms with van der Waals surface area (Å²) in [6.45, 7) is 7.99. The van der Waals surface area contributed by atoms with Crippen LogP contribution in [0.1, 0.15) is 13.3 Å². The van der Waals surface area contributed by atoms with Gasteiger partial charge in [0.1, 0.15) is 6.61 Å². The predicted octanol–water partition coefficient (Wildman–Crippen LogP) is 2.31. The molecule has 0 heterocycles. The zero-order valence-corrected chi connectivity index (χ0v) is 13.1. The van der Waals surface area contributed by atoms with Crippen LogP contribution in [0.2, 0.25) is 0 Å². The van der Waals surface area contributed by atoms with Crippen molar-refractivity contribution in [1.82, 2.24) is 0 Å². The number of rotatable bonds is 8. The van der Waals surface area contributed by atoms with Gasteiger partial charge in [-0.3, -0.25) is 0 Å². The molecule has 0 aliphatic heterocycles. The van der Waals surface area contributed by atoms with E-state index in [1.165, 1.54) is 19.1 Å². The second-order valence-electron chi connectivity index (χ2n) is 3.97. The predicted molar refractivity (Wildman–Crippen MR) is 87.3 cm³/mol. The SMILES string of the molecule is C=C(CC=C(C)C(=O)O)C(=O)OCCO.C=CC=CC=CC#N. The van der Waals surface area contributed by atoms with E-state index in [0.29, 0.717) is 0 Å². The van der Waals surface area contributed by atoms with Gasteiger partial charge in [0.15, 0.2) is 0 Å². The van der Waals surface area contributed by atoms with Gasteiger partial charge in [0, 0.05) is 17.2 Å². The van der Waals surface area contributed by atoms with Crippen LogP contribution in [0.3, 0.4) is 0 Å². The summed E-state index contributed by atoms with van der Waals surface area (Å²) >= 11 is 0. The fourth-order valence-electron chi connectivity index (χ4n) is 0.929. The van der Waals surface area contributed by atoms with Gasteiger partial charge < -0.3 is 14.9 Å². The Morgan fingerprint density at radius 3 is 2.43 bits per heavy atom. The highest BCUT2D eigenvalue weighted by molar-refractivity contribution is 5.89. The number of hydrogen-bond acceptors (Lipinski definition) is 5. The van der Waals surface area contributed by atoms with Gasteiger partial charge in [-0.25, -0.2) is 9.59 Å². The minimum absolute atomic E-state index is 0.0838. The average molecular weight is 319 g/mol. The van der Waals surface area contributed by atoms with E-state index in [-0.39, 0.29) is 30.8 Å². The Kier molecular flexibility index (Phi) is 15.1. The molecule has 0 atom stereocenters. The van der Waals surface area contributed by atoms with Crippen molar-refractivity contribution in [3.8, 4) is 6.07 Å². The molecule has 0 saturated carbocycles. The molecule has 0 aromatic rings. The number of carbonyl (C=O) groups excluding carboxylic acids is 1. The van der Waals surface area contributed by atoms with Gasteiger partial charge in [-0.1, -0.05) is 43.5 Å². The van der Waals surface area contributed by atoms with Gasteiger partial charge in [-0.05, 0) is 13.3 Å². The lowest BCUT2D eigenvalue weighted by Gasteiger charge is -2.03. The number of carboxylic acid groups (broad SMARTS) is 1. The van der Waals surface area contributed by atoms with Gasteiger partial charge in [0.2, 0.25) is 0 Å². The third-order valence-corrected chi connectivity index (χ3v) is 2.13. The third kappa shape index (κ3) is 15.3. The minimum atomic E-state index is -1.04. The lowest BCUT2D eigenvalue weighted by Crippen LogP contribution is -2.10. The molecule has 0 bridgehead atoms. The molecule has 23 heavy (non-hydrogen) atoms. The van der Waals surface area contributed by atoms with Crippen LogP contribution in [0.4, 0.5) is 0 Å². The van der Waals surface area contributed by atoms with Crippen molar-refractivity contribution in [2.45, 2.75) is 13.3 Å². The molecule has 0 aliphatic carbocycles. The Balaban J connectivity index is 0. The van der Waals surface area contributed by atoms with E-state index in [9.17, 15) is 9.59 Å². The van der Waals surface area contributed by atoms with Crippen molar-refractivity contribution in [2.75, 3.05) is 13.2 Å². The van der Waals surface area contributed by atoms with Crippen molar-refractivity contribution in [3.05, 3.63) is 60.8 Å². The van der Waals surface area contributed by atoms with Gasteiger partial charge in [0.05, 0.1) is 12.7 Å². The fraction of sp³-hybridized carbons (Fsp3) is 0.235. The number of aliphatic hydroxyl groups is 1. The summed E-state index contributed by atoms with van der Waals surface area (Å²) in [6, 6.07) is 1.86. The maximum atomic E-state index is 11.1. The highest BCUT2D eigenvalue weighted by Crippen LogP contribution is 2.05. The van der Waals surface area contributed by atoms with Crippen LogP contribution in [0.15, 0.2) is 60.8 Å². The first-order chi connectivity index (χ1) is 10.9. The standard InChI is InChI=1S/C10H14O5.C7H7N/c1-7(9(12)13)3-4-8(2)10(14)15-6-5-11;1-2-3-4-5-6-7-8/h3,11H,2,4-6H2,1H3,(H,12,13);2-6H,1H2. The minimum Gasteiger partial charge on any atom is -0.478 e. The van der Waals surface area contributed by atoms with Crippen molar-refractivity contribution < 1.29 is 24.5 Å². The molecular formula is C17H21NO5. The van der Waals surface area contributed by atoms with Gasteiger partial charge in [0.25, 0.3) is 0 Å². The number of nitrogens with zero attached hydrogens (tertiary/aromatic N) is 1. The van der Waals surface area contributed by atoms with E-state index in [0.717, 1.165) is 0 Å². The number of esters is 1. The zero-order chi connectivity index (χ0) is 18.1. The van der Waals surface area contributed by atoms with E-state index in [1.807, 2.05) is 6.07 Å². The molecule has 0 radical (unpaired) electrons. The van der Waals surface area contributed by atoms with Crippen molar-refractivity contribution in [3.63, 3.8) is 0 Å². The lowest BCUT2D eigenvalue weighted by molar-refractivity contribution is -0.140. The second kappa shape index (κ2) is 15.5. The van der Waals surface area contributed by atoms with Gasteiger partial charge in [-0.15, -0.1) is 0 Å². The monoisotopic (exact) mass is 319 g/mol. The van der Waals surface area contributed by atoms with Gasteiger partial charge >= 0.3 is 11.9 Å². The Morgan fingerprint density at radius 2 is 1.96 bits per heavy atom. The summed E-state index contributed by atoms with van der Waals surface area (Å²) in [5.41, 5.74) is 0.301. The molecular weight excluding hydrogens is 298 g/mol. The summed E-state index contributed by atoms with van der Waals surface area (Å²) < 4.78 is 4.58. The summed E-state index contributed by atoms with van der Waals surface area (Å²) in [4.78, 5) is 21.5. The summed E-state index contributed by atoms with van der Waals surface area (Å²) in [5, 5.41) is 24.9. The van der Waals surface area contributed by atoms with E-state index in [4.69, 9.17) is 15.5 Å². The van der Waals surface area contributed by atoms with E-state index in [2.05, 4.69) is 17.9 Å². The smallest absolute Gasteiger partial charge is 0.333 e. The normalized spacial score (nSPS) is 10.6. The number of allylic oxidation sites excluding steroid dienone is 6. The molecule has 0 saturated heterocycles. The Hall–Kier alpha value is -2.91. The van der Waals surface area contributed by atoms with E-state index >= 15 is 0 Å². The van der Waals surface area contributed by atoms with Crippen LogP contribution in [0, 0.1) is 11.3 Å². The molecule has 6 nitrogen and oxygen atoms in total. The van der Waals surface area contributed by atoms with Crippen molar-refractivity contribution >= 4 is 11.9 Å². The molecule has 2 N–H and O–H groups in total. The summed E-state index contributed by atoms with van der Waals surface area (Å²) in [6.07, 6.45) is 9.72. The number of aliphatic carboxylic acids is 1. The van der Waals surface area contributed by atoms with Crippen LogP contribution >= 0.6 is 0 Å². The topological polar surface area (TPSA) is 108 Å². The van der Waals surface area contributed by atoms with Crippen LogP contribution in [0.25, 0.3) is 0 Å². The van der Waals surface area contributed by atoms with Crippen LogP contribution in [0.5, 0.6) is 0 Å². The third-order valence-electron chi connectivity index (χ3n) is 2.13. The number of carboxylic acids is 1. The van der Waals surface area contributed by atoms with E-state index in [1.54, 1.807) is 24.3 Å². The number of aliphatic hydroxyl groups excluding tert-OH is 1. The molecule has 0 unspecified atom stereocenters. The second-order valence-corrected chi connectivity index (χ2v) is 3.97. The average Bonchev–Trinajstić information content (AvgIpc) is 2.54. The van der Waals surface area contributed by atoms with Crippen molar-refractivity contribution in [1.29, 1.82) is 5.26 Å². The van der Waals surface area contributed by atoms with Gasteiger partial charge in [-0.2, -0.15) is 5.26 Å². The maximum Gasteiger partial charge on any atom is 0.333 e. The summed E-state index contributed by atoms with van der Waals surface area (Å²) in [7, 11) is 0. The number of ether oxygens (including phenoxy) is 1. The molecule has 0 rings (SSSR count). The lowest BCUT2D eigenvalue weighted by atomic mass is 10.1. The fourth-order valence-corrected chi connectivity index (χ4v) is 0.929. The number of hydrogen-bond donors (Lipinski definition) is 2. The Labute approximate surface area is 136 Å². The van der Waals surface area contributed by atoms with Crippen molar-refractivity contribution in [2.24, 2.45) is 0 Å². The highest BCUT2D eigenvalue weighted by Gasteiger charge is 2.07. The first kappa shape index (κ1) is 22.4. The molecule has 124 valence electrons. The molecule has 0 aromatic heterocycles. The first-order valence-electron chi connectivity index (χ1n) is 6.60. The molecule has 0 aromatic carbocycles. The largest absolute Gasteiger partial charge is 0.478 e. The first-order valence-corrected chi connectivity index (χ1v) is 6.60. The van der Waals surface area contributed by atoms with E-state index < -0.39 is 11.9 Å². The molecule has 0 spiro atoms. The zero-order valence-electron chi connectivity index (χ0n) is 13.1. The Bertz CT molecular complexity index is 536.